The van der Waals surface area contributed by atoms with Gasteiger partial charge in [0.2, 0.25) is 17.7 Å². The molecule has 12 nitrogen and oxygen atoms in total. The SMILES string of the molecule is CCOC(=O)CCNC(=O)C(c1ccccc1C)N(CC#N)C(=O)C(CC(N)=O)NC(=O)OC(C)(C)C. The van der Waals surface area contributed by atoms with Crippen LogP contribution in [0, 0.1) is 18.3 Å². The highest BCUT2D eigenvalue weighted by Crippen LogP contribution is 2.25. The third-order valence-electron chi connectivity index (χ3n) is 4.90. The summed E-state index contributed by atoms with van der Waals surface area (Å²) in [6, 6.07) is 5.79. The van der Waals surface area contributed by atoms with Gasteiger partial charge in [-0.25, -0.2) is 4.79 Å². The Bertz CT molecular complexity index is 1030. The van der Waals surface area contributed by atoms with Gasteiger partial charge in [0.15, 0.2) is 0 Å². The van der Waals surface area contributed by atoms with Gasteiger partial charge in [0.05, 0.1) is 25.5 Å². The summed E-state index contributed by atoms with van der Waals surface area (Å²) in [7, 11) is 0. The molecule has 0 aliphatic carbocycles. The lowest BCUT2D eigenvalue weighted by Gasteiger charge is -2.33. The molecule has 12 heteroatoms. The highest BCUT2D eigenvalue weighted by molar-refractivity contribution is 5.94. The summed E-state index contributed by atoms with van der Waals surface area (Å²) >= 11 is 0. The fourth-order valence-electron chi connectivity index (χ4n) is 3.39. The minimum atomic E-state index is -1.50. The molecule has 4 amide bonds. The van der Waals surface area contributed by atoms with Crippen LogP contribution in [0.2, 0.25) is 0 Å². The average molecular weight is 518 g/mol. The number of hydrogen-bond acceptors (Lipinski definition) is 8. The summed E-state index contributed by atoms with van der Waals surface area (Å²) in [5.41, 5.74) is 5.48. The smallest absolute Gasteiger partial charge is 0.408 e. The predicted molar refractivity (Wildman–Crippen MR) is 132 cm³/mol. The molecular weight excluding hydrogens is 482 g/mol. The topological polar surface area (TPSA) is 181 Å². The monoisotopic (exact) mass is 517 g/mol. The second kappa shape index (κ2) is 14.4. The van der Waals surface area contributed by atoms with E-state index >= 15 is 0 Å². The molecule has 0 aliphatic rings. The number of carbonyl (C=O) groups is 5. The first-order valence-electron chi connectivity index (χ1n) is 11.7. The van der Waals surface area contributed by atoms with Crippen molar-refractivity contribution in [1.82, 2.24) is 15.5 Å². The summed E-state index contributed by atoms with van der Waals surface area (Å²) in [5.74, 6) is -2.96. The molecule has 2 unspecified atom stereocenters. The highest BCUT2D eigenvalue weighted by atomic mass is 16.6. The van der Waals surface area contributed by atoms with Crippen molar-refractivity contribution in [3.05, 3.63) is 35.4 Å². The normalized spacial score (nSPS) is 12.3. The molecule has 202 valence electrons. The van der Waals surface area contributed by atoms with Crippen LogP contribution in [-0.4, -0.2) is 66.0 Å². The Labute approximate surface area is 216 Å². The lowest BCUT2D eigenvalue weighted by molar-refractivity contribution is -0.144. The van der Waals surface area contributed by atoms with Gasteiger partial charge in [0, 0.05) is 6.54 Å². The zero-order chi connectivity index (χ0) is 28.2. The Morgan fingerprint density at radius 3 is 2.35 bits per heavy atom. The molecule has 2 atom stereocenters. The Hall–Kier alpha value is -4.14. The molecule has 0 aliphatic heterocycles. The minimum Gasteiger partial charge on any atom is -0.466 e. The largest absolute Gasteiger partial charge is 0.466 e. The zero-order valence-corrected chi connectivity index (χ0v) is 21.8. The quantitative estimate of drug-likeness (QED) is 0.273. The number of aryl methyl sites for hydroxylation is 1. The fraction of sp³-hybridized carbons (Fsp3) is 0.520. The number of rotatable bonds is 12. The van der Waals surface area contributed by atoms with Gasteiger partial charge in [0.1, 0.15) is 24.2 Å². The van der Waals surface area contributed by atoms with Crippen LogP contribution in [-0.2, 0) is 28.7 Å². The molecular formula is C25H35N5O7. The Balaban J connectivity index is 3.38. The van der Waals surface area contributed by atoms with E-state index < -0.39 is 60.4 Å². The summed E-state index contributed by atoms with van der Waals surface area (Å²) in [6.45, 7) is 7.81. The molecule has 0 spiro atoms. The van der Waals surface area contributed by atoms with Crippen LogP contribution in [0.3, 0.4) is 0 Å². The molecule has 0 aromatic heterocycles. The number of amides is 4. The molecule has 4 N–H and O–H groups in total. The third kappa shape index (κ3) is 10.6. The van der Waals surface area contributed by atoms with E-state index in [2.05, 4.69) is 10.6 Å². The number of carbonyl (C=O) groups excluding carboxylic acids is 5. The predicted octanol–water partition coefficient (Wildman–Crippen LogP) is 1.23. The molecule has 1 aromatic rings. The minimum absolute atomic E-state index is 0.0739. The highest BCUT2D eigenvalue weighted by Gasteiger charge is 2.37. The van der Waals surface area contributed by atoms with Crippen molar-refractivity contribution < 1.29 is 33.4 Å². The number of hydrogen-bond donors (Lipinski definition) is 3. The fourth-order valence-corrected chi connectivity index (χ4v) is 3.39. The van der Waals surface area contributed by atoms with Crippen molar-refractivity contribution in [2.24, 2.45) is 5.73 Å². The van der Waals surface area contributed by atoms with Crippen LogP contribution in [0.15, 0.2) is 24.3 Å². The summed E-state index contributed by atoms with van der Waals surface area (Å²) < 4.78 is 10.0. The van der Waals surface area contributed by atoms with E-state index in [1.807, 2.05) is 6.07 Å². The average Bonchev–Trinajstić information content (AvgIpc) is 2.77. The maximum atomic E-state index is 13.6. The van der Waals surface area contributed by atoms with Gasteiger partial charge in [-0.1, -0.05) is 24.3 Å². The van der Waals surface area contributed by atoms with E-state index in [4.69, 9.17) is 15.2 Å². The number of nitrogens with two attached hydrogens (primary N) is 1. The van der Waals surface area contributed by atoms with Crippen molar-refractivity contribution >= 4 is 29.8 Å². The van der Waals surface area contributed by atoms with E-state index in [9.17, 15) is 29.2 Å². The first kappa shape index (κ1) is 30.9. The van der Waals surface area contributed by atoms with Crippen molar-refractivity contribution in [3.8, 4) is 6.07 Å². The number of esters is 1. The number of nitrogens with one attached hydrogen (secondary N) is 2. The van der Waals surface area contributed by atoms with Gasteiger partial charge in [-0.2, -0.15) is 5.26 Å². The molecule has 37 heavy (non-hydrogen) atoms. The Morgan fingerprint density at radius 2 is 1.81 bits per heavy atom. The van der Waals surface area contributed by atoms with E-state index in [-0.39, 0.29) is 19.6 Å². The Morgan fingerprint density at radius 1 is 1.16 bits per heavy atom. The van der Waals surface area contributed by atoms with Gasteiger partial charge in [-0.05, 0) is 45.7 Å². The van der Waals surface area contributed by atoms with E-state index in [1.165, 1.54) is 0 Å². The van der Waals surface area contributed by atoms with E-state index in [1.54, 1.807) is 58.9 Å². The molecule has 0 saturated carbocycles. The van der Waals surface area contributed by atoms with Crippen LogP contribution in [0.1, 0.15) is 57.7 Å². The van der Waals surface area contributed by atoms with E-state index in [0.717, 1.165) is 4.90 Å². The van der Waals surface area contributed by atoms with Gasteiger partial charge in [0.25, 0.3) is 0 Å². The standard InChI is InChI=1S/C25H35N5O7/c1-6-36-20(32)11-13-28-22(33)21(17-10-8-7-9-16(17)2)30(14-12-26)23(34)18(15-19(27)31)29-24(35)37-25(3,4)5/h7-10,18,21H,6,11,13-15H2,1-5H3,(H2,27,31)(H,28,33)(H,29,35). The van der Waals surface area contributed by atoms with Crippen molar-refractivity contribution in [2.45, 2.75) is 65.1 Å². The first-order chi connectivity index (χ1) is 17.3. The van der Waals surface area contributed by atoms with Gasteiger partial charge in [-0.3, -0.25) is 19.2 Å². The second-order valence-corrected chi connectivity index (χ2v) is 9.10. The second-order valence-electron chi connectivity index (χ2n) is 9.10. The van der Waals surface area contributed by atoms with E-state index in [0.29, 0.717) is 11.1 Å². The van der Waals surface area contributed by atoms with Crippen LogP contribution in [0.4, 0.5) is 4.79 Å². The summed E-state index contributed by atoms with van der Waals surface area (Å²) in [5, 5.41) is 14.4. The number of nitrogens with zero attached hydrogens (tertiary/aromatic N) is 2. The molecule has 0 heterocycles. The van der Waals surface area contributed by atoms with Gasteiger partial charge >= 0.3 is 12.1 Å². The van der Waals surface area contributed by atoms with Crippen LogP contribution < -0.4 is 16.4 Å². The molecule has 0 saturated heterocycles. The number of benzene rings is 1. The van der Waals surface area contributed by atoms with Crippen molar-refractivity contribution in [2.75, 3.05) is 19.7 Å². The van der Waals surface area contributed by atoms with Crippen molar-refractivity contribution in [1.29, 1.82) is 5.26 Å². The first-order valence-corrected chi connectivity index (χ1v) is 11.7. The number of ether oxygens (including phenoxy) is 2. The number of alkyl carbamates (subject to hydrolysis) is 1. The summed E-state index contributed by atoms with van der Waals surface area (Å²) in [6.07, 6.45) is -1.67. The molecule has 0 fully saturated rings. The van der Waals surface area contributed by atoms with Gasteiger partial charge < -0.3 is 30.7 Å². The summed E-state index contributed by atoms with van der Waals surface area (Å²) in [4.78, 5) is 63.7. The molecule has 1 rings (SSSR count). The van der Waals surface area contributed by atoms with Crippen LogP contribution in [0.25, 0.3) is 0 Å². The van der Waals surface area contributed by atoms with Crippen LogP contribution >= 0.6 is 0 Å². The Kier molecular flexibility index (Phi) is 12.0. The number of primary amides is 1. The lowest BCUT2D eigenvalue weighted by Crippen LogP contribution is -2.54. The zero-order valence-electron chi connectivity index (χ0n) is 21.8. The van der Waals surface area contributed by atoms with Crippen molar-refractivity contribution in [3.63, 3.8) is 0 Å². The molecule has 0 bridgehead atoms. The maximum Gasteiger partial charge on any atom is 0.408 e. The molecule has 1 aromatic carbocycles. The lowest BCUT2D eigenvalue weighted by atomic mass is 9.97. The van der Waals surface area contributed by atoms with Gasteiger partial charge in [-0.15, -0.1) is 0 Å². The molecule has 0 radical (unpaired) electrons. The third-order valence-corrected chi connectivity index (χ3v) is 4.90. The number of nitriles is 1. The maximum absolute atomic E-state index is 13.6. The van der Waals surface area contributed by atoms with Crippen LogP contribution in [0.5, 0.6) is 0 Å².